The predicted molar refractivity (Wildman–Crippen MR) is 104 cm³/mol. The summed E-state index contributed by atoms with van der Waals surface area (Å²) >= 11 is 0. The summed E-state index contributed by atoms with van der Waals surface area (Å²) in [6, 6.07) is 14.8. The molecule has 2 atom stereocenters. The molecule has 2 unspecified atom stereocenters. The minimum atomic E-state index is -0.196. The van der Waals surface area contributed by atoms with Gasteiger partial charge in [-0.05, 0) is 49.2 Å². The topological polar surface area (TPSA) is 57.2 Å². The summed E-state index contributed by atoms with van der Waals surface area (Å²) in [7, 11) is 1.77. The molecule has 2 aliphatic rings. The highest BCUT2D eigenvalue weighted by Crippen LogP contribution is 2.31. The van der Waals surface area contributed by atoms with Gasteiger partial charge < -0.3 is 23.8 Å². The van der Waals surface area contributed by atoms with Crippen molar-refractivity contribution in [3.05, 3.63) is 54.1 Å². The number of nitrogens with zero attached hydrogens (tertiary/aromatic N) is 1. The number of amides is 1. The Balaban J connectivity index is 1.30. The van der Waals surface area contributed by atoms with Crippen molar-refractivity contribution < 1.29 is 23.7 Å². The van der Waals surface area contributed by atoms with Crippen molar-refractivity contribution in [2.75, 3.05) is 33.4 Å². The summed E-state index contributed by atoms with van der Waals surface area (Å²) in [6.07, 6.45) is 2.11. The molecule has 28 heavy (non-hydrogen) atoms. The van der Waals surface area contributed by atoms with Gasteiger partial charge in [0.1, 0.15) is 19.0 Å². The van der Waals surface area contributed by atoms with Crippen LogP contribution in [0.4, 0.5) is 0 Å². The minimum absolute atomic E-state index is 0.0619. The lowest BCUT2D eigenvalue weighted by Gasteiger charge is -2.29. The van der Waals surface area contributed by atoms with Gasteiger partial charge in [-0.2, -0.15) is 0 Å². The third-order valence-electron chi connectivity index (χ3n) is 4.95. The van der Waals surface area contributed by atoms with Crippen LogP contribution in [0.15, 0.2) is 48.5 Å². The Bertz CT molecular complexity index is 801. The standard InChI is InChI=1S/C22H25NO5/c1-23(13-19-15-27-20-6-2-3-7-21(20)28-19)22(24)16-8-10-17(11-9-16)26-14-18-5-4-12-25-18/h2-3,6-11,18-19H,4-5,12-15H2,1H3. The van der Waals surface area contributed by atoms with Gasteiger partial charge in [0.15, 0.2) is 17.6 Å². The number of ether oxygens (including phenoxy) is 4. The molecule has 6 heteroatoms. The summed E-state index contributed by atoms with van der Waals surface area (Å²) < 4.78 is 23.0. The molecule has 1 fully saturated rings. The maximum Gasteiger partial charge on any atom is 0.253 e. The third-order valence-corrected chi connectivity index (χ3v) is 4.95. The summed E-state index contributed by atoms with van der Waals surface area (Å²) in [5, 5.41) is 0. The second-order valence-corrected chi connectivity index (χ2v) is 7.15. The Morgan fingerprint density at radius 1 is 1.11 bits per heavy atom. The lowest BCUT2D eigenvalue weighted by Crippen LogP contribution is -2.41. The quantitative estimate of drug-likeness (QED) is 0.767. The smallest absolute Gasteiger partial charge is 0.253 e. The fourth-order valence-electron chi connectivity index (χ4n) is 3.42. The average molecular weight is 383 g/mol. The minimum Gasteiger partial charge on any atom is -0.491 e. The van der Waals surface area contributed by atoms with Crippen LogP contribution in [0.1, 0.15) is 23.2 Å². The number of likely N-dealkylation sites (N-methyl/N-ethyl adjacent to an activating group) is 1. The van der Waals surface area contributed by atoms with E-state index in [0.29, 0.717) is 31.1 Å². The van der Waals surface area contributed by atoms with Crippen molar-refractivity contribution in [3.8, 4) is 17.2 Å². The molecule has 0 aliphatic carbocycles. The van der Waals surface area contributed by atoms with Gasteiger partial charge in [-0.25, -0.2) is 0 Å². The predicted octanol–water partition coefficient (Wildman–Crippen LogP) is 3.16. The van der Waals surface area contributed by atoms with Crippen LogP contribution in [0.3, 0.4) is 0 Å². The Kier molecular flexibility index (Phi) is 5.67. The van der Waals surface area contributed by atoms with E-state index in [2.05, 4.69) is 0 Å². The molecule has 0 N–H and O–H groups in total. The third kappa shape index (κ3) is 4.39. The first-order valence-corrected chi connectivity index (χ1v) is 9.67. The maximum absolute atomic E-state index is 12.7. The normalized spacial score (nSPS) is 20.6. The van der Waals surface area contributed by atoms with Gasteiger partial charge in [0.25, 0.3) is 5.91 Å². The van der Waals surface area contributed by atoms with E-state index in [1.807, 2.05) is 36.4 Å². The van der Waals surface area contributed by atoms with E-state index in [0.717, 1.165) is 30.9 Å². The molecule has 0 spiro atoms. The van der Waals surface area contributed by atoms with Crippen molar-refractivity contribution in [3.63, 3.8) is 0 Å². The van der Waals surface area contributed by atoms with Crippen LogP contribution in [0.5, 0.6) is 17.2 Å². The van der Waals surface area contributed by atoms with Crippen LogP contribution < -0.4 is 14.2 Å². The number of hydrogen-bond donors (Lipinski definition) is 0. The van der Waals surface area contributed by atoms with E-state index in [4.69, 9.17) is 18.9 Å². The molecule has 1 saturated heterocycles. The molecule has 0 saturated carbocycles. The largest absolute Gasteiger partial charge is 0.491 e. The first-order chi connectivity index (χ1) is 13.7. The highest BCUT2D eigenvalue weighted by atomic mass is 16.6. The summed E-state index contributed by atoms with van der Waals surface area (Å²) in [5.41, 5.74) is 0.615. The Morgan fingerprint density at radius 2 is 1.89 bits per heavy atom. The van der Waals surface area contributed by atoms with Crippen LogP contribution in [-0.4, -0.2) is 56.4 Å². The second-order valence-electron chi connectivity index (χ2n) is 7.15. The zero-order valence-electron chi connectivity index (χ0n) is 16.0. The van der Waals surface area contributed by atoms with E-state index < -0.39 is 0 Å². The number of rotatable bonds is 6. The molecule has 0 aromatic heterocycles. The van der Waals surface area contributed by atoms with Gasteiger partial charge in [-0.1, -0.05) is 12.1 Å². The van der Waals surface area contributed by atoms with Crippen LogP contribution in [0.25, 0.3) is 0 Å². The Labute approximate surface area is 165 Å². The highest BCUT2D eigenvalue weighted by Gasteiger charge is 2.24. The van der Waals surface area contributed by atoms with Crippen molar-refractivity contribution in [2.24, 2.45) is 0 Å². The van der Waals surface area contributed by atoms with Gasteiger partial charge in [-0.3, -0.25) is 4.79 Å². The van der Waals surface area contributed by atoms with E-state index in [-0.39, 0.29) is 18.1 Å². The molecular weight excluding hydrogens is 358 g/mol. The summed E-state index contributed by atoms with van der Waals surface area (Å²) in [6.45, 7) is 2.23. The second kappa shape index (κ2) is 8.52. The number of benzene rings is 2. The maximum atomic E-state index is 12.7. The molecule has 0 bridgehead atoms. The highest BCUT2D eigenvalue weighted by molar-refractivity contribution is 5.94. The van der Waals surface area contributed by atoms with Crippen molar-refractivity contribution >= 4 is 5.91 Å². The fraction of sp³-hybridized carbons (Fsp3) is 0.409. The zero-order valence-corrected chi connectivity index (χ0v) is 16.0. The van der Waals surface area contributed by atoms with Crippen LogP contribution in [0, 0.1) is 0 Å². The van der Waals surface area contributed by atoms with Crippen molar-refractivity contribution in [2.45, 2.75) is 25.0 Å². The number of para-hydroxylation sites is 2. The first kappa shape index (κ1) is 18.6. The number of hydrogen-bond acceptors (Lipinski definition) is 5. The van der Waals surface area contributed by atoms with Crippen molar-refractivity contribution in [1.82, 2.24) is 4.90 Å². The molecule has 2 aliphatic heterocycles. The van der Waals surface area contributed by atoms with Gasteiger partial charge >= 0.3 is 0 Å². The molecule has 6 nitrogen and oxygen atoms in total. The summed E-state index contributed by atoms with van der Waals surface area (Å²) in [5.74, 6) is 2.14. The Morgan fingerprint density at radius 3 is 2.64 bits per heavy atom. The van der Waals surface area contributed by atoms with Crippen LogP contribution in [-0.2, 0) is 4.74 Å². The van der Waals surface area contributed by atoms with Crippen LogP contribution in [0.2, 0.25) is 0 Å². The van der Waals surface area contributed by atoms with E-state index in [1.54, 1.807) is 24.1 Å². The van der Waals surface area contributed by atoms with Crippen molar-refractivity contribution in [1.29, 1.82) is 0 Å². The molecule has 0 radical (unpaired) electrons. The Hall–Kier alpha value is -2.73. The van der Waals surface area contributed by atoms with E-state index in [1.165, 1.54) is 0 Å². The molecule has 4 rings (SSSR count). The number of fused-ring (bicyclic) bond motifs is 1. The zero-order chi connectivity index (χ0) is 19.3. The monoisotopic (exact) mass is 383 g/mol. The number of carbonyl (C=O) groups excluding carboxylic acids is 1. The van der Waals surface area contributed by atoms with Gasteiger partial charge in [0.05, 0.1) is 12.6 Å². The van der Waals surface area contributed by atoms with Gasteiger partial charge in [0, 0.05) is 19.2 Å². The molecule has 2 heterocycles. The lowest BCUT2D eigenvalue weighted by atomic mass is 10.2. The molecule has 2 aromatic carbocycles. The molecular formula is C22H25NO5. The van der Waals surface area contributed by atoms with Crippen LogP contribution >= 0.6 is 0 Å². The lowest BCUT2D eigenvalue weighted by molar-refractivity contribution is 0.0520. The van der Waals surface area contributed by atoms with E-state index >= 15 is 0 Å². The van der Waals surface area contributed by atoms with Gasteiger partial charge in [0.2, 0.25) is 0 Å². The van der Waals surface area contributed by atoms with E-state index in [9.17, 15) is 4.79 Å². The SMILES string of the molecule is CN(CC1COc2ccccc2O1)C(=O)c1ccc(OCC2CCCO2)cc1. The average Bonchev–Trinajstić information content (AvgIpc) is 3.26. The number of carbonyl (C=O) groups is 1. The molecule has 148 valence electrons. The first-order valence-electron chi connectivity index (χ1n) is 9.67. The summed E-state index contributed by atoms with van der Waals surface area (Å²) in [4.78, 5) is 14.4. The van der Waals surface area contributed by atoms with Gasteiger partial charge in [-0.15, -0.1) is 0 Å². The fourth-order valence-corrected chi connectivity index (χ4v) is 3.42. The molecule has 1 amide bonds. The molecule has 2 aromatic rings.